The van der Waals surface area contributed by atoms with Crippen molar-refractivity contribution in [1.29, 1.82) is 0 Å². The maximum Gasteiger partial charge on any atom is 0.240 e. The average molecular weight is 397 g/mol. The number of fused-ring (bicyclic) bond motifs is 1. The summed E-state index contributed by atoms with van der Waals surface area (Å²) in [6, 6.07) is 4.54. The van der Waals surface area contributed by atoms with Crippen LogP contribution in [0.2, 0.25) is 0 Å². The molecule has 1 aliphatic heterocycles. The Morgan fingerprint density at radius 2 is 1.96 bits per heavy atom. The molecule has 2 aliphatic rings. The SMILES string of the molecule is COc1ccc(S(=O)(=O)NCCC(=O)N2CC3CCC(N)C3C2)cc1OC. The molecule has 1 saturated heterocycles. The lowest BCUT2D eigenvalue weighted by Gasteiger charge is -2.19. The first kappa shape index (κ1) is 19.9. The van der Waals surface area contributed by atoms with Crippen LogP contribution >= 0.6 is 0 Å². The fourth-order valence-electron chi connectivity index (χ4n) is 4.03. The molecule has 8 nitrogen and oxygen atoms in total. The number of methoxy groups -OCH3 is 2. The van der Waals surface area contributed by atoms with E-state index >= 15 is 0 Å². The van der Waals surface area contributed by atoms with Crippen molar-refractivity contribution in [1.82, 2.24) is 9.62 Å². The van der Waals surface area contributed by atoms with Crippen molar-refractivity contribution in [2.45, 2.75) is 30.2 Å². The van der Waals surface area contributed by atoms with Gasteiger partial charge in [-0.2, -0.15) is 0 Å². The largest absolute Gasteiger partial charge is 0.493 e. The van der Waals surface area contributed by atoms with E-state index in [0.717, 1.165) is 19.4 Å². The monoisotopic (exact) mass is 397 g/mol. The van der Waals surface area contributed by atoms with Crippen LogP contribution < -0.4 is 19.9 Å². The van der Waals surface area contributed by atoms with Gasteiger partial charge < -0.3 is 20.1 Å². The number of ether oxygens (including phenoxy) is 2. The average Bonchev–Trinajstić information content (AvgIpc) is 3.23. The molecular formula is C18H27N3O5S. The summed E-state index contributed by atoms with van der Waals surface area (Å²) in [5, 5.41) is 0. The number of hydrogen-bond acceptors (Lipinski definition) is 6. The molecule has 1 aliphatic carbocycles. The van der Waals surface area contributed by atoms with Gasteiger partial charge in [-0.15, -0.1) is 0 Å². The van der Waals surface area contributed by atoms with E-state index in [1.54, 1.807) is 0 Å². The normalized spacial score (nSPS) is 24.7. The summed E-state index contributed by atoms with van der Waals surface area (Å²) in [6.45, 7) is 1.47. The van der Waals surface area contributed by atoms with Crippen LogP contribution in [-0.2, 0) is 14.8 Å². The number of nitrogens with two attached hydrogens (primary N) is 1. The molecule has 0 radical (unpaired) electrons. The number of hydrogen-bond donors (Lipinski definition) is 2. The van der Waals surface area contributed by atoms with Crippen LogP contribution in [-0.4, -0.2) is 59.1 Å². The first-order valence-electron chi connectivity index (χ1n) is 9.10. The Bertz CT molecular complexity index is 798. The van der Waals surface area contributed by atoms with Crippen LogP contribution in [0.1, 0.15) is 19.3 Å². The van der Waals surface area contributed by atoms with Gasteiger partial charge in [0.2, 0.25) is 15.9 Å². The predicted molar refractivity (Wildman–Crippen MR) is 100 cm³/mol. The summed E-state index contributed by atoms with van der Waals surface area (Å²) in [5.74, 6) is 1.62. The van der Waals surface area contributed by atoms with Crippen molar-refractivity contribution in [2.24, 2.45) is 17.6 Å². The second-order valence-corrected chi connectivity index (χ2v) is 8.90. The number of benzene rings is 1. The first-order valence-corrected chi connectivity index (χ1v) is 10.6. The summed E-state index contributed by atoms with van der Waals surface area (Å²) in [4.78, 5) is 14.3. The van der Waals surface area contributed by atoms with E-state index in [1.807, 2.05) is 4.90 Å². The van der Waals surface area contributed by atoms with E-state index in [9.17, 15) is 13.2 Å². The quantitative estimate of drug-likeness (QED) is 0.696. The van der Waals surface area contributed by atoms with E-state index < -0.39 is 10.0 Å². The van der Waals surface area contributed by atoms with Gasteiger partial charge in [-0.05, 0) is 36.8 Å². The molecule has 150 valence electrons. The third-order valence-corrected chi connectivity index (χ3v) is 7.02. The summed E-state index contributed by atoms with van der Waals surface area (Å²) in [6.07, 6.45) is 2.23. The first-order chi connectivity index (χ1) is 12.9. The molecule has 1 heterocycles. The molecule has 1 aromatic rings. The molecule has 1 amide bonds. The van der Waals surface area contributed by atoms with Crippen molar-refractivity contribution < 1.29 is 22.7 Å². The van der Waals surface area contributed by atoms with Gasteiger partial charge in [-0.25, -0.2) is 13.1 Å². The van der Waals surface area contributed by atoms with Gasteiger partial charge in [0.1, 0.15) is 0 Å². The molecule has 1 saturated carbocycles. The molecule has 0 bridgehead atoms. The van der Waals surface area contributed by atoms with Crippen molar-refractivity contribution in [3.05, 3.63) is 18.2 Å². The summed E-state index contributed by atoms with van der Waals surface area (Å²) in [7, 11) is -0.814. The Morgan fingerprint density at radius 1 is 1.22 bits per heavy atom. The number of carbonyl (C=O) groups is 1. The molecule has 0 spiro atoms. The lowest BCUT2D eigenvalue weighted by Crippen LogP contribution is -2.35. The summed E-state index contributed by atoms with van der Waals surface area (Å²) in [5.41, 5.74) is 6.10. The molecule has 3 rings (SSSR count). The highest BCUT2D eigenvalue weighted by Gasteiger charge is 2.42. The van der Waals surface area contributed by atoms with E-state index in [-0.39, 0.29) is 29.8 Å². The zero-order valence-electron chi connectivity index (χ0n) is 15.7. The number of nitrogens with one attached hydrogen (secondary N) is 1. The van der Waals surface area contributed by atoms with Gasteiger partial charge in [0.25, 0.3) is 0 Å². The summed E-state index contributed by atoms with van der Waals surface area (Å²) >= 11 is 0. The fourth-order valence-corrected chi connectivity index (χ4v) is 5.08. The van der Waals surface area contributed by atoms with Gasteiger partial charge in [0, 0.05) is 38.2 Å². The molecule has 3 unspecified atom stereocenters. The Kier molecular flexibility index (Phi) is 5.92. The number of carbonyl (C=O) groups excluding carboxylic acids is 1. The van der Waals surface area contributed by atoms with Gasteiger partial charge >= 0.3 is 0 Å². The zero-order valence-corrected chi connectivity index (χ0v) is 16.5. The molecule has 27 heavy (non-hydrogen) atoms. The Hall–Kier alpha value is -1.84. The van der Waals surface area contributed by atoms with E-state index in [0.29, 0.717) is 29.9 Å². The number of rotatable bonds is 7. The number of amides is 1. The Labute approximate surface area is 160 Å². The highest BCUT2D eigenvalue weighted by molar-refractivity contribution is 7.89. The third-order valence-electron chi connectivity index (χ3n) is 5.56. The topological polar surface area (TPSA) is 111 Å². The number of nitrogens with zero attached hydrogens (tertiary/aromatic N) is 1. The van der Waals surface area contributed by atoms with Crippen molar-refractivity contribution >= 4 is 15.9 Å². The van der Waals surface area contributed by atoms with Crippen LogP contribution in [0.5, 0.6) is 11.5 Å². The van der Waals surface area contributed by atoms with Crippen LogP contribution in [0, 0.1) is 11.8 Å². The van der Waals surface area contributed by atoms with Gasteiger partial charge in [0.15, 0.2) is 11.5 Å². The van der Waals surface area contributed by atoms with E-state index in [2.05, 4.69) is 4.72 Å². The second-order valence-electron chi connectivity index (χ2n) is 7.13. The standard InChI is InChI=1S/C18H27N3O5S/c1-25-16-6-4-13(9-17(16)26-2)27(23,24)20-8-7-18(22)21-10-12-3-5-15(19)14(12)11-21/h4,6,9,12,14-15,20H,3,5,7-8,10-11,19H2,1-2H3. The van der Waals surface area contributed by atoms with Crippen LogP contribution in [0.25, 0.3) is 0 Å². The lowest BCUT2D eigenvalue weighted by atomic mass is 9.98. The maximum absolute atomic E-state index is 12.5. The van der Waals surface area contributed by atoms with E-state index in [1.165, 1.54) is 32.4 Å². The highest BCUT2D eigenvalue weighted by atomic mass is 32.2. The minimum Gasteiger partial charge on any atom is -0.493 e. The third kappa shape index (κ3) is 4.20. The molecular weight excluding hydrogens is 370 g/mol. The fraction of sp³-hybridized carbons (Fsp3) is 0.611. The molecule has 3 N–H and O–H groups in total. The number of sulfonamides is 1. The summed E-state index contributed by atoms with van der Waals surface area (Å²) < 4.78 is 37.6. The molecule has 9 heteroatoms. The van der Waals surface area contributed by atoms with Gasteiger partial charge in [-0.3, -0.25) is 4.79 Å². The minimum atomic E-state index is -3.74. The van der Waals surface area contributed by atoms with Gasteiger partial charge in [0.05, 0.1) is 19.1 Å². The smallest absolute Gasteiger partial charge is 0.240 e. The minimum absolute atomic E-state index is 0.0355. The Balaban J connectivity index is 1.54. The second kappa shape index (κ2) is 8.04. The molecule has 0 aromatic heterocycles. The van der Waals surface area contributed by atoms with E-state index in [4.69, 9.17) is 15.2 Å². The van der Waals surface area contributed by atoms with Crippen LogP contribution in [0.15, 0.2) is 23.1 Å². The maximum atomic E-state index is 12.5. The zero-order chi connectivity index (χ0) is 19.6. The molecule has 1 aromatic carbocycles. The van der Waals surface area contributed by atoms with Crippen LogP contribution in [0.4, 0.5) is 0 Å². The number of likely N-dealkylation sites (tertiary alicyclic amines) is 1. The predicted octanol–water partition coefficient (Wildman–Crippen LogP) is 0.568. The lowest BCUT2D eigenvalue weighted by molar-refractivity contribution is -0.130. The molecule has 2 fully saturated rings. The van der Waals surface area contributed by atoms with Crippen molar-refractivity contribution in [3.8, 4) is 11.5 Å². The van der Waals surface area contributed by atoms with Crippen molar-refractivity contribution in [2.75, 3.05) is 33.9 Å². The van der Waals surface area contributed by atoms with Crippen LogP contribution in [0.3, 0.4) is 0 Å². The molecule has 3 atom stereocenters. The van der Waals surface area contributed by atoms with Crippen molar-refractivity contribution in [3.63, 3.8) is 0 Å². The van der Waals surface area contributed by atoms with Gasteiger partial charge in [-0.1, -0.05) is 0 Å². The Morgan fingerprint density at radius 3 is 2.63 bits per heavy atom. The highest BCUT2D eigenvalue weighted by Crippen LogP contribution is 2.37.